The summed E-state index contributed by atoms with van der Waals surface area (Å²) in [4.78, 5) is 12.0. The van der Waals surface area contributed by atoms with E-state index < -0.39 is 19.1 Å². The standard InChI is InChI=1S/C8H15F2NO2/c1-6(12)3-4-8(13)11(2)5-7(9)10/h6-7,12H,3-5H2,1-2H3. The summed E-state index contributed by atoms with van der Waals surface area (Å²) in [7, 11) is 1.33. The Hall–Kier alpha value is -0.710. The van der Waals surface area contributed by atoms with Crippen molar-refractivity contribution in [1.82, 2.24) is 4.90 Å². The molecule has 0 aromatic carbocycles. The molecule has 1 atom stereocenters. The molecular formula is C8H15F2NO2. The number of halogens is 2. The van der Waals surface area contributed by atoms with Gasteiger partial charge in [-0.15, -0.1) is 0 Å². The highest BCUT2D eigenvalue weighted by Crippen LogP contribution is 2.02. The molecule has 0 aromatic heterocycles. The summed E-state index contributed by atoms with van der Waals surface area (Å²) in [5, 5.41) is 8.85. The maximum atomic E-state index is 11.8. The Morgan fingerprint density at radius 1 is 1.54 bits per heavy atom. The molecule has 1 unspecified atom stereocenters. The van der Waals surface area contributed by atoms with Gasteiger partial charge in [-0.05, 0) is 13.3 Å². The molecule has 0 bridgehead atoms. The molecule has 78 valence electrons. The lowest BCUT2D eigenvalue weighted by molar-refractivity contribution is -0.132. The van der Waals surface area contributed by atoms with Crippen molar-refractivity contribution in [2.45, 2.75) is 32.3 Å². The summed E-state index contributed by atoms with van der Waals surface area (Å²) in [6, 6.07) is 0. The van der Waals surface area contributed by atoms with E-state index in [1.165, 1.54) is 7.05 Å². The van der Waals surface area contributed by atoms with Crippen molar-refractivity contribution < 1.29 is 18.7 Å². The number of carbonyl (C=O) groups excluding carboxylic acids is 1. The highest BCUT2D eigenvalue weighted by molar-refractivity contribution is 5.75. The van der Waals surface area contributed by atoms with Crippen LogP contribution in [0.4, 0.5) is 8.78 Å². The second kappa shape index (κ2) is 5.85. The summed E-state index contributed by atoms with van der Waals surface area (Å²) in [6.07, 6.45) is -2.64. The molecule has 5 heteroatoms. The van der Waals surface area contributed by atoms with Crippen molar-refractivity contribution in [2.75, 3.05) is 13.6 Å². The van der Waals surface area contributed by atoms with E-state index >= 15 is 0 Å². The lowest BCUT2D eigenvalue weighted by Crippen LogP contribution is -2.31. The minimum absolute atomic E-state index is 0.112. The zero-order valence-electron chi connectivity index (χ0n) is 7.83. The number of alkyl halides is 2. The smallest absolute Gasteiger partial charge is 0.255 e. The summed E-state index contributed by atoms with van der Waals surface area (Å²) in [5.74, 6) is -0.360. The van der Waals surface area contributed by atoms with E-state index in [-0.39, 0.29) is 12.3 Å². The van der Waals surface area contributed by atoms with Gasteiger partial charge in [0.05, 0.1) is 12.6 Å². The monoisotopic (exact) mass is 195 g/mol. The van der Waals surface area contributed by atoms with Crippen molar-refractivity contribution in [3.8, 4) is 0 Å². The molecule has 3 nitrogen and oxygen atoms in total. The SMILES string of the molecule is CC(O)CCC(=O)N(C)CC(F)F. The van der Waals surface area contributed by atoms with Crippen molar-refractivity contribution in [3.63, 3.8) is 0 Å². The number of aliphatic hydroxyl groups is 1. The van der Waals surface area contributed by atoms with Crippen molar-refractivity contribution >= 4 is 5.91 Å². The predicted octanol–water partition coefficient (Wildman–Crippen LogP) is 0.871. The van der Waals surface area contributed by atoms with Gasteiger partial charge < -0.3 is 10.0 Å². The first-order valence-electron chi connectivity index (χ1n) is 4.13. The van der Waals surface area contributed by atoms with Crippen LogP contribution in [0.1, 0.15) is 19.8 Å². The van der Waals surface area contributed by atoms with Gasteiger partial charge in [0.25, 0.3) is 6.43 Å². The van der Waals surface area contributed by atoms with E-state index in [1.54, 1.807) is 6.92 Å². The summed E-state index contributed by atoms with van der Waals surface area (Å²) >= 11 is 0. The average Bonchev–Trinajstić information content (AvgIpc) is 1.98. The van der Waals surface area contributed by atoms with Gasteiger partial charge in [-0.25, -0.2) is 8.78 Å². The lowest BCUT2D eigenvalue weighted by atomic mass is 10.2. The quantitative estimate of drug-likeness (QED) is 0.707. The third kappa shape index (κ3) is 6.45. The molecule has 0 saturated heterocycles. The van der Waals surface area contributed by atoms with Gasteiger partial charge in [0.2, 0.25) is 5.91 Å². The Morgan fingerprint density at radius 3 is 2.46 bits per heavy atom. The summed E-state index contributed by atoms with van der Waals surface area (Å²) in [6.45, 7) is 1.01. The molecular weight excluding hydrogens is 180 g/mol. The second-order valence-electron chi connectivity index (χ2n) is 3.05. The van der Waals surface area contributed by atoms with Crippen LogP contribution in [-0.4, -0.2) is 42.0 Å². The van der Waals surface area contributed by atoms with Gasteiger partial charge in [-0.2, -0.15) is 0 Å². The van der Waals surface area contributed by atoms with Crippen LogP contribution >= 0.6 is 0 Å². The molecule has 0 heterocycles. The Bertz CT molecular complexity index is 162. The minimum Gasteiger partial charge on any atom is -0.393 e. The fourth-order valence-electron chi connectivity index (χ4n) is 0.832. The van der Waals surface area contributed by atoms with Gasteiger partial charge in [-0.1, -0.05) is 0 Å². The highest BCUT2D eigenvalue weighted by Gasteiger charge is 2.13. The second-order valence-corrected chi connectivity index (χ2v) is 3.05. The predicted molar refractivity (Wildman–Crippen MR) is 44.6 cm³/mol. The Morgan fingerprint density at radius 2 is 2.08 bits per heavy atom. The topological polar surface area (TPSA) is 40.5 Å². The number of hydrogen-bond donors (Lipinski definition) is 1. The maximum absolute atomic E-state index is 11.8. The van der Waals surface area contributed by atoms with Crippen molar-refractivity contribution in [3.05, 3.63) is 0 Å². The molecule has 0 spiro atoms. The molecule has 0 aliphatic rings. The van der Waals surface area contributed by atoms with Crippen molar-refractivity contribution in [1.29, 1.82) is 0 Å². The lowest BCUT2D eigenvalue weighted by Gasteiger charge is -2.16. The third-order valence-electron chi connectivity index (χ3n) is 1.61. The molecule has 0 rings (SSSR count). The van der Waals surface area contributed by atoms with E-state index in [9.17, 15) is 13.6 Å². The molecule has 0 aromatic rings. The number of carbonyl (C=O) groups is 1. The Kier molecular flexibility index (Phi) is 5.53. The minimum atomic E-state index is -2.50. The van der Waals surface area contributed by atoms with E-state index in [1.807, 2.05) is 0 Å². The highest BCUT2D eigenvalue weighted by atomic mass is 19.3. The maximum Gasteiger partial charge on any atom is 0.255 e. The Balaban J connectivity index is 3.69. The third-order valence-corrected chi connectivity index (χ3v) is 1.61. The zero-order chi connectivity index (χ0) is 10.4. The van der Waals surface area contributed by atoms with Crippen LogP contribution in [0.3, 0.4) is 0 Å². The molecule has 0 saturated carbocycles. The Labute approximate surface area is 76.3 Å². The fourth-order valence-corrected chi connectivity index (χ4v) is 0.832. The van der Waals surface area contributed by atoms with Gasteiger partial charge in [0, 0.05) is 13.5 Å². The van der Waals surface area contributed by atoms with Crippen LogP contribution in [0.25, 0.3) is 0 Å². The van der Waals surface area contributed by atoms with Crippen LogP contribution in [0, 0.1) is 0 Å². The number of aliphatic hydroxyl groups excluding tert-OH is 1. The van der Waals surface area contributed by atoms with Gasteiger partial charge in [-0.3, -0.25) is 4.79 Å². The largest absolute Gasteiger partial charge is 0.393 e. The first kappa shape index (κ1) is 12.3. The van der Waals surface area contributed by atoms with E-state index in [2.05, 4.69) is 0 Å². The molecule has 1 amide bonds. The van der Waals surface area contributed by atoms with Crippen LogP contribution in [-0.2, 0) is 4.79 Å². The molecule has 1 N–H and O–H groups in total. The average molecular weight is 195 g/mol. The van der Waals surface area contributed by atoms with E-state index in [0.717, 1.165) is 4.90 Å². The number of amides is 1. The summed E-state index contributed by atoms with van der Waals surface area (Å²) < 4.78 is 23.6. The van der Waals surface area contributed by atoms with Gasteiger partial charge in [0.1, 0.15) is 0 Å². The zero-order valence-corrected chi connectivity index (χ0v) is 7.83. The van der Waals surface area contributed by atoms with Gasteiger partial charge >= 0.3 is 0 Å². The van der Waals surface area contributed by atoms with Crippen LogP contribution < -0.4 is 0 Å². The number of hydrogen-bond acceptors (Lipinski definition) is 2. The number of nitrogens with zero attached hydrogens (tertiary/aromatic N) is 1. The molecule has 0 aliphatic carbocycles. The van der Waals surface area contributed by atoms with Crippen LogP contribution in [0.2, 0.25) is 0 Å². The van der Waals surface area contributed by atoms with E-state index in [0.29, 0.717) is 6.42 Å². The molecule has 0 aliphatic heterocycles. The molecule has 0 fully saturated rings. The van der Waals surface area contributed by atoms with Crippen molar-refractivity contribution in [2.24, 2.45) is 0 Å². The van der Waals surface area contributed by atoms with Crippen LogP contribution in [0.15, 0.2) is 0 Å². The molecule has 0 radical (unpaired) electrons. The summed E-state index contributed by atoms with van der Waals surface area (Å²) in [5.41, 5.74) is 0. The first-order valence-corrected chi connectivity index (χ1v) is 4.13. The number of rotatable bonds is 5. The fraction of sp³-hybridized carbons (Fsp3) is 0.875. The van der Waals surface area contributed by atoms with Crippen LogP contribution in [0.5, 0.6) is 0 Å². The van der Waals surface area contributed by atoms with Gasteiger partial charge in [0.15, 0.2) is 0 Å². The van der Waals surface area contributed by atoms with E-state index in [4.69, 9.17) is 5.11 Å². The first-order chi connectivity index (χ1) is 5.93. The molecule has 13 heavy (non-hydrogen) atoms. The normalized spacial score (nSPS) is 13.1.